The minimum Gasteiger partial charge on any atom is -0.494 e. The summed E-state index contributed by atoms with van der Waals surface area (Å²) in [6, 6.07) is 44.7. The van der Waals surface area contributed by atoms with Gasteiger partial charge in [0.25, 0.3) is 0 Å². The minimum atomic E-state index is -0.436. The molecule has 6 aromatic rings. The number of nitrogens with zero attached hydrogens (tertiary/aromatic N) is 2. The van der Waals surface area contributed by atoms with Crippen LogP contribution in [0.1, 0.15) is 134 Å². The maximum absolute atomic E-state index is 12.9. The second kappa shape index (κ2) is 26.7. The van der Waals surface area contributed by atoms with Crippen LogP contribution >= 0.6 is 0 Å². The Balaban J connectivity index is 0.886. The van der Waals surface area contributed by atoms with Crippen molar-refractivity contribution in [1.29, 1.82) is 0 Å². The molecule has 65 heavy (non-hydrogen) atoms. The van der Waals surface area contributed by atoms with E-state index in [0.717, 1.165) is 71.2 Å². The van der Waals surface area contributed by atoms with E-state index in [9.17, 15) is 9.59 Å². The van der Waals surface area contributed by atoms with Crippen molar-refractivity contribution in [3.05, 3.63) is 179 Å². The Bertz CT molecular complexity index is 2200. The molecule has 0 heterocycles. The summed E-state index contributed by atoms with van der Waals surface area (Å²) in [7, 11) is 0. The first kappa shape index (κ1) is 47.7. The molecule has 0 bridgehead atoms. The molecule has 0 unspecified atom stereocenters. The van der Waals surface area contributed by atoms with Gasteiger partial charge >= 0.3 is 11.9 Å². The number of hydrogen-bond donors (Lipinski definition) is 0. The van der Waals surface area contributed by atoms with Crippen LogP contribution in [0.5, 0.6) is 23.0 Å². The molecule has 0 amide bonds. The average Bonchev–Trinajstić information content (AvgIpc) is 3.34. The summed E-state index contributed by atoms with van der Waals surface area (Å²) in [5, 5.41) is 0. The lowest BCUT2D eigenvalue weighted by molar-refractivity contribution is 0.0725. The van der Waals surface area contributed by atoms with Crippen molar-refractivity contribution in [3.8, 4) is 23.0 Å². The smallest absolute Gasteiger partial charge is 0.343 e. The lowest BCUT2D eigenvalue weighted by atomic mass is 10.0. The molecule has 6 rings (SSSR count). The molecule has 0 atom stereocenters. The summed E-state index contributed by atoms with van der Waals surface area (Å²) in [4.78, 5) is 34.9. The van der Waals surface area contributed by atoms with Crippen molar-refractivity contribution in [1.82, 2.24) is 0 Å². The third-order valence-corrected chi connectivity index (χ3v) is 10.9. The van der Waals surface area contributed by atoms with E-state index in [1.54, 1.807) is 61.0 Å². The summed E-state index contributed by atoms with van der Waals surface area (Å²) in [6.07, 6.45) is 19.0. The van der Waals surface area contributed by atoms with Crippen molar-refractivity contribution in [3.63, 3.8) is 0 Å². The molecular weight excluding hydrogens is 809 g/mol. The SMILES string of the molecule is CCCCCCCCOc1ccc(N=Cc2ccc(C(=O)Oc3ccc(Cc4ccc(OC(=O)c5ccc(C=Nc6ccc(OCCCCCCCC)cc6)cc5)cc4)cc3)cc2)cc1. The van der Waals surface area contributed by atoms with Gasteiger partial charge in [0.1, 0.15) is 23.0 Å². The van der Waals surface area contributed by atoms with Gasteiger partial charge in [-0.15, -0.1) is 0 Å². The fourth-order valence-electron chi connectivity index (χ4n) is 7.03. The largest absolute Gasteiger partial charge is 0.494 e. The van der Waals surface area contributed by atoms with Crippen LogP contribution in [-0.2, 0) is 6.42 Å². The Labute approximate surface area is 385 Å². The molecule has 0 aliphatic rings. The summed E-state index contributed by atoms with van der Waals surface area (Å²) in [6.45, 7) is 5.93. The van der Waals surface area contributed by atoms with Crippen LogP contribution in [0.25, 0.3) is 0 Å². The third kappa shape index (κ3) is 17.0. The lowest BCUT2D eigenvalue weighted by Crippen LogP contribution is -2.08. The van der Waals surface area contributed by atoms with Gasteiger partial charge in [-0.2, -0.15) is 0 Å². The van der Waals surface area contributed by atoms with Gasteiger partial charge < -0.3 is 18.9 Å². The van der Waals surface area contributed by atoms with Crippen LogP contribution in [0, 0.1) is 0 Å². The quantitative estimate of drug-likeness (QED) is 0.0233. The maximum atomic E-state index is 12.9. The van der Waals surface area contributed by atoms with Crippen molar-refractivity contribution in [2.45, 2.75) is 97.3 Å². The number of rotatable bonds is 26. The Morgan fingerprint density at radius 2 is 0.738 bits per heavy atom. The van der Waals surface area contributed by atoms with Crippen molar-refractivity contribution >= 4 is 35.7 Å². The predicted molar refractivity (Wildman–Crippen MR) is 264 cm³/mol. The molecule has 0 aromatic heterocycles. The zero-order chi connectivity index (χ0) is 45.3. The zero-order valence-corrected chi connectivity index (χ0v) is 38.0. The van der Waals surface area contributed by atoms with Gasteiger partial charge in [-0.1, -0.05) is 127 Å². The molecule has 0 aliphatic carbocycles. The van der Waals surface area contributed by atoms with Gasteiger partial charge in [-0.3, -0.25) is 9.98 Å². The lowest BCUT2D eigenvalue weighted by Gasteiger charge is -2.08. The minimum absolute atomic E-state index is 0.436. The molecule has 0 saturated carbocycles. The highest BCUT2D eigenvalue weighted by Gasteiger charge is 2.11. The number of carbonyl (C=O) groups excluding carboxylic acids is 2. The fraction of sp³-hybridized carbons (Fsp3) is 0.298. The zero-order valence-electron chi connectivity index (χ0n) is 38.0. The molecule has 0 fully saturated rings. The first-order chi connectivity index (χ1) is 31.9. The molecule has 0 N–H and O–H groups in total. The van der Waals surface area contributed by atoms with E-state index in [1.165, 1.54) is 64.2 Å². The number of benzene rings is 6. The Morgan fingerprint density at radius 3 is 1.11 bits per heavy atom. The van der Waals surface area contributed by atoms with E-state index in [1.807, 2.05) is 97.1 Å². The van der Waals surface area contributed by atoms with Crippen LogP contribution in [0.2, 0.25) is 0 Å². The van der Waals surface area contributed by atoms with Gasteiger partial charge in [-0.25, -0.2) is 9.59 Å². The highest BCUT2D eigenvalue weighted by molar-refractivity contribution is 5.93. The van der Waals surface area contributed by atoms with Gasteiger partial charge in [-0.05, 0) is 139 Å². The normalized spacial score (nSPS) is 11.2. The first-order valence-electron chi connectivity index (χ1n) is 23.3. The standard InChI is InChI=1S/C57H62N2O6/c1-3-5-7-9-11-13-39-62-52-35-27-50(28-36-52)58-42-46-15-23-48(24-16-46)56(60)64-54-31-19-44(20-32-54)41-45-21-33-55(34-22-45)65-57(61)49-25-17-47(18-26-49)43-59-51-29-37-53(38-30-51)63-40-14-12-10-8-6-4-2/h15-38,42-43H,3-14,39-41H2,1-2H3. The van der Waals surface area contributed by atoms with Crippen LogP contribution in [0.15, 0.2) is 156 Å². The molecule has 8 nitrogen and oxygen atoms in total. The number of aliphatic imine (C=N–C) groups is 2. The van der Waals surface area contributed by atoms with Crippen molar-refractivity contribution in [2.24, 2.45) is 9.98 Å². The Hall–Kier alpha value is -6.80. The summed E-state index contributed by atoms with van der Waals surface area (Å²) in [5.74, 6) is 1.75. The number of hydrogen-bond acceptors (Lipinski definition) is 8. The first-order valence-corrected chi connectivity index (χ1v) is 23.3. The van der Waals surface area contributed by atoms with E-state index < -0.39 is 11.9 Å². The summed E-state index contributed by atoms with van der Waals surface area (Å²) >= 11 is 0. The summed E-state index contributed by atoms with van der Waals surface area (Å²) < 4.78 is 23.1. The maximum Gasteiger partial charge on any atom is 0.343 e. The second-order valence-electron chi connectivity index (χ2n) is 16.2. The predicted octanol–water partition coefficient (Wildman–Crippen LogP) is 14.7. The van der Waals surface area contributed by atoms with Crippen LogP contribution in [-0.4, -0.2) is 37.6 Å². The fourth-order valence-corrected chi connectivity index (χ4v) is 7.03. The molecule has 6 aromatic carbocycles. The van der Waals surface area contributed by atoms with Crippen LogP contribution in [0.3, 0.4) is 0 Å². The van der Waals surface area contributed by atoms with Gasteiger partial charge in [0, 0.05) is 12.4 Å². The number of unbranched alkanes of at least 4 members (excludes halogenated alkanes) is 10. The van der Waals surface area contributed by atoms with Gasteiger partial charge in [0.15, 0.2) is 0 Å². The van der Waals surface area contributed by atoms with Crippen LogP contribution in [0.4, 0.5) is 11.4 Å². The number of esters is 2. The van der Waals surface area contributed by atoms with Gasteiger partial charge in [0.2, 0.25) is 0 Å². The Morgan fingerprint density at radius 1 is 0.400 bits per heavy atom. The van der Waals surface area contributed by atoms with E-state index in [-0.39, 0.29) is 0 Å². The molecule has 0 saturated heterocycles. The van der Waals surface area contributed by atoms with E-state index in [0.29, 0.717) is 29.0 Å². The summed E-state index contributed by atoms with van der Waals surface area (Å²) in [5.41, 5.74) is 6.37. The van der Waals surface area contributed by atoms with Gasteiger partial charge in [0.05, 0.1) is 35.7 Å². The Kier molecular flexibility index (Phi) is 19.6. The number of carbonyl (C=O) groups is 2. The average molecular weight is 871 g/mol. The molecule has 336 valence electrons. The van der Waals surface area contributed by atoms with E-state index in [4.69, 9.17) is 18.9 Å². The number of ether oxygens (including phenoxy) is 4. The second-order valence-corrected chi connectivity index (χ2v) is 16.2. The van der Waals surface area contributed by atoms with Crippen LogP contribution < -0.4 is 18.9 Å². The molecule has 0 spiro atoms. The molecule has 0 radical (unpaired) electrons. The molecular formula is C57H62N2O6. The van der Waals surface area contributed by atoms with Crippen molar-refractivity contribution < 1.29 is 28.5 Å². The highest BCUT2D eigenvalue weighted by atomic mass is 16.5. The topological polar surface area (TPSA) is 95.8 Å². The van der Waals surface area contributed by atoms with E-state index >= 15 is 0 Å². The van der Waals surface area contributed by atoms with E-state index in [2.05, 4.69) is 23.8 Å². The monoisotopic (exact) mass is 870 g/mol. The highest BCUT2D eigenvalue weighted by Crippen LogP contribution is 2.23. The van der Waals surface area contributed by atoms with Crippen molar-refractivity contribution in [2.75, 3.05) is 13.2 Å². The molecule has 8 heteroatoms. The molecule has 0 aliphatic heterocycles. The third-order valence-electron chi connectivity index (χ3n) is 10.9.